The fourth-order valence-corrected chi connectivity index (χ4v) is 3.15. The molecule has 100 valence electrons. The van der Waals surface area contributed by atoms with Crippen LogP contribution in [0.15, 0.2) is 18.2 Å². The molecule has 1 fully saturated rings. The summed E-state index contributed by atoms with van der Waals surface area (Å²) in [4.78, 5) is 15.7. The zero-order chi connectivity index (χ0) is 13.6. The molecule has 0 amide bonds. The standard InChI is InChI=1S/C14H15ClN2O2/c1-17-12-7-10(15)4-5-11(12)16-13(17)8-2-3-9(6-8)14(18)19/h4-5,7-9H,2-3,6H2,1H3,(H,18,19). The summed E-state index contributed by atoms with van der Waals surface area (Å²) in [6.07, 6.45) is 2.31. The average molecular weight is 279 g/mol. The number of fused-ring (bicyclic) bond motifs is 1. The van der Waals surface area contributed by atoms with Gasteiger partial charge in [-0.3, -0.25) is 4.79 Å². The number of carboxylic acid groups (broad SMARTS) is 1. The molecule has 0 radical (unpaired) electrons. The van der Waals surface area contributed by atoms with Crippen molar-refractivity contribution >= 4 is 28.6 Å². The number of rotatable bonds is 2. The van der Waals surface area contributed by atoms with Crippen molar-refractivity contribution in [3.63, 3.8) is 0 Å². The number of aromatic nitrogens is 2. The Bertz CT molecular complexity index is 650. The van der Waals surface area contributed by atoms with E-state index >= 15 is 0 Å². The van der Waals surface area contributed by atoms with Gasteiger partial charge in [-0.05, 0) is 37.5 Å². The normalized spacial score (nSPS) is 23.1. The minimum Gasteiger partial charge on any atom is -0.481 e. The van der Waals surface area contributed by atoms with Crippen molar-refractivity contribution in [2.45, 2.75) is 25.2 Å². The highest BCUT2D eigenvalue weighted by atomic mass is 35.5. The van der Waals surface area contributed by atoms with Gasteiger partial charge in [-0.1, -0.05) is 11.6 Å². The lowest BCUT2D eigenvalue weighted by Gasteiger charge is -2.09. The van der Waals surface area contributed by atoms with Crippen LogP contribution in [0.4, 0.5) is 0 Å². The van der Waals surface area contributed by atoms with E-state index in [9.17, 15) is 4.79 Å². The number of benzene rings is 1. The molecular weight excluding hydrogens is 264 g/mol. The highest BCUT2D eigenvalue weighted by Crippen LogP contribution is 2.38. The molecule has 3 rings (SSSR count). The predicted octanol–water partition coefficient (Wildman–Crippen LogP) is 3.20. The number of aliphatic carboxylic acids is 1. The van der Waals surface area contributed by atoms with Crippen LogP contribution in [0.5, 0.6) is 0 Å². The molecule has 0 bridgehead atoms. The number of halogens is 1. The molecule has 4 nitrogen and oxygen atoms in total. The van der Waals surface area contributed by atoms with E-state index in [1.165, 1.54) is 0 Å². The van der Waals surface area contributed by atoms with Gasteiger partial charge in [0, 0.05) is 18.0 Å². The van der Waals surface area contributed by atoms with E-state index in [0.29, 0.717) is 11.4 Å². The summed E-state index contributed by atoms with van der Waals surface area (Å²) in [5.41, 5.74) is 1.92. The quantitative estimate of drug-likeness (QED) is 0.918. The maximum Gasteiger partial charge on any atom is 0.306 e. The number of imidazole rings is 1. The first-order valence-electron chi connectivity index (χ1n) is 6.41. The average Bonchev–Trinajstić information content (AvgIpc) is 2.95. The Morgan fingerprint density at radius 3 is 2.95 bits per heavy atom. The summed E-state index contributed by atoms with van der Waals surface area (Å²) in [6.45, 7) is 0. The Kier molecular flexibility index (Phi) is 2.97. The molecule has 2 aromatic rings. The second-order valence-electron chi connectivity index (χ2n) is 5.21. The molecule has 1 heterocycles. The molecule has 2 atom stereocenters. The third-order valence-electron chi connectivity index (χ3n) is 4.02. The molecule has 1 N–H and O–H groups in total. The first-order chi connectivity index (χ1) is 9.06. The van der Waals surface area contributed by atoms with Crippen LogP contribution in [0.25, 0.3) is 11.0 Å². The third-order valence-corrected chi connectivity index (χ3v) is 4.26. The molecule has 1 saturated carbocycles. The number of nitrogens with zero attached hydrogens (tertiary/aromatic N) is 2. The Hall–Kier alpha value is -1.55. The minimum absolute atomic E-state index is 0.228. The summed E-state index contributed by atoms with van der Waals surface area (Å²) < 4.78 is 2.04. The first-order valence-corrected chi connectivity index (χ1v) is 6.78. The van der Waals surface area contributed by atoms with Gasteiger partial charge in [0.25, 0.3) is 0 Å². The minimum atomic E-state index is -0.690. The van der Waals surface area contributed by atoms with Gasteiger partial charge < -0.3 is 9.67 Å². The van der Waals surface area contributed by atoms with E-state index in [4.69, 9.17) is 16.7 Å². The van der Waals surface area contributed by atoms with Gasteiger partial charge in [-0.2, -0.15) is 0 Å². The van der Waals surface area contributed by atoms with Crippen molar-refractivity contribution in [1.82, 2.24) is 9.55 Å². The summed E-state index contributed by atoms with van der Waals surface area (Å²) >= 11 is 6.01. The van der Waals surface area contributed by atoms with Gasteiger partial charge in [0.15, 0.2) is 0 Å². The Morgan fingerprint density at radius 2 is 2.26 bits per heavy atom. The summed E-state index contributed by atoms with van der Waals surface area (Å²) in [6, 6.07) is 5.64. The van der Waals surface area contributed by atoms with Crippen molar-refractivity contribution < 1.29 is 9.90 Å². The molecule has 0 saturated heterocycles. The molecule has 5 heteroatoms. The zero-order valence-electron chi connectivity index (χ0n) is 10.6. The maximum absolute atomic E-state index is 11.0. The molecule has 1 aromatic heterocycles. The van der Waals surface area contributed by atoms with Gasteiger partial charge in [0.1, 0.15) is 5.82 Å². The third kappa shape index (κ3) is 2.10. The number of carboxylic acids is 1. The van der Waals surface area contributed by atoms with Gasteiger partial charge in [-0.25, -0.2) is 4.98 Å². The van der Waals surface area contributed by atoms with E-state index in [2.05, 4.69) is 4.98 Å². The highest BCUT2D eigenvalue weighted by molar-refractivity contribution is 6.31. The van der Waals surface area contributed by atoms with Crippen LogP contribution in [-0.2, 0) is 11.8 Å². The van der Waals surface area contributed by atoms with Crippen LogP contribution in [-0.4, -0.2) is 20.6 Å². The van der Waals surface area contributed by atoms with Crippen molar-refractivity contribution in [2.75, 3.05) is 0 Å². The number of aryl methyl sites for hydroxylation is 1. The lowest BCUT2D eigenvalue weighted by molar-refractivity contribution is -0.141. The van der Waals surface area contributed by atoms with Crippen LogP contribution < -0.4 is 0 Å². The molecule has 1 aromatic carbocycles. The Morgan fingerprint density at radius 1 is 1.47 bits per heavy atom. The number of hydrogen-bond donors (Lipinski definition) is 1. The maximum atomic E-state index is 11.0. The van der Waals surface area contributed by atoms with Gasteiger partial charge in [-0.15, -0.1) is 0 Å². The van der Waals surface area contributed by atoms with Crippen LogP contribution in [0.3, 0.4) is 0 Å². The van der Waals surface area contributed by atoms with Gasteiger partial charge in [0.05, 0.1) is 17.0 Å². The van der Waals surface area contributed by atoms with Crippen LogP contribution in [0.2, 0.25) is 5.02 Å². The zero-order valence-corrected chi connectivity index (χ0v) is 11.4. The van der Waals surface area contributed by atoms with Gasteiger partial charge >= 0.3 is 5.97 Å². The fourth-order valence-electron chi connectivity index (χ4n) is 2.99. The van der Waals surface area contributed by atoms with Gasteiger partial charge in [0.2, 0.25) is 0 Å². The van der Waals surface area contributed by atoms with E-state index in [0.717, 1.165) is 29.7 Å². The van der Waals surface area contributed by atoms with E-state index in [1.807, 2.05) is 29.8 Å². The highest BCUT2D eigenvalue weighted by Gasteiger charge is 2.33. The molecular formula is C14H15ClN2O2. The van der Waals surface area contributed by atoms with Crippen molar-refractivity contribution in [3.05, 3.63) is 29.0 Å². The number of carbonyl (C=O) groups is 1. The largest absolute Gasteiger partial charge is 0.481 e. The topological polar surface area (TPSA) is 55.1 Å². The lowest BCUT2D eigenvalue weighted by atomic mass is 10.0. The molecule has 1 aliphatic rings. The van der Waals surface area contributed by atoms with Crippen molar-refractivity contribution in [1.29, 1.82) is 0 Å². The Labute approximate surface area is 116 Å². The molecule has 0 spiro atoms. The summed E-state index contributed by atoms with van der Waals surface area (Å²) in [5, 5.41) is 9.77. The number of hydrogen-bond acceptors (Lipinski definition) is 2. The summed E-state index contributed by atoms with van der Waals surface area (Å²) in [5.74, 6) is 0.288. The Balaban J connectivity index is 1.98. The van der Waals surface area contributed by atoms with Crippen molar-refractivity contribution in [2.24, 2.45) is 13.0 Å². The second-order valence-corrected chi connectivity index (χ2v) is 5.64. The van der Waals surface area contributed by atoms with Crippen LogP contribution in [0.1, 0.15) is 31.0 Å². The van der Waals surface area contributed by atoms with E-state index < -0.39 is 5.97 Å². The van der Waals surface area contributed by atoms with E-state index in [1.54, 1.807) is 0 Å². The molecule has 2 unspecified atom stereocenters. The molecule has 19 heavy (non-hydrogen) atoms. The lowest BCUT2D eigenvalue weighted by Crippen LogP contribution is -2.10. The van der Waals surface area contributed by atoms with Crippen molar-refractivity contribution in [3.8, 4) is 0 Å². The summed E-state index contributed by atoms with van der Waals surface area (Å²) in [7, 11) is 1.97. The smallest absolute Gasteiger partial charge is 0.306 e. The molecule has 1 aliphatic carbocycles. The van der Waals surface area contributed by atoms with Crippen LogP contribution in [0, 0.1) is 5.92 Å². The monoisotopic (exact) mass is 278 g/mol. The van der Waals surface area contributed by atoms with Crippen LogP contribution >= 0.6 is 11.6 Å². The fraction of sp³-hybridized carbons (Fsp3) is 0.429. The SMILES string of the molecule is Cn1c(C2CCC(C(=O)O)C2)nc2ccc(Cl)cc21. The van der Waals surface area contributed by atoms with E-state index in [-0.39, 0.29) is 11.8 Å². The second kappa shape index (κ2) is 4.53. The molecule has 0 aliphatic heterocycles. The first kappa shape index (κ1) is 12.5. The predicted molar refractivity (Wildman–Crippen MR) is 73.4 cm³/mol.